The van der Waals surface area contributed by atoms with Crippen LogP contribution in [0, 0.1) is 6.92 Å². The maximum absolute atomic E-state index is 6.13. The first-order valence-corrected chi connectivity index (χ1v) is 7.08. The normalized spacial score (nSPS) is 10.6. The van der Waals surface area contributed by atoms with Crippen molar-refractivity contribution >= 4 is 11.6 Å². The van der Waals surface area contributed by atoms with Crippen LogP contribution in [0.5, 0.6) is 11.5 Å². The van der Waals surface area contributed by atoms with E-state index in [0.29, 0.717) is 0 Å². The second kappa shape index (κ2) is 6.73. The monoisotopic (exact) mass is 290 g/mol. The molecule has 0 aliphatic rings. The molecule has 0 amide bonds. The van der Waals surface area contributed by atoms with Crippen LogP contribution < -0.4 is 10.1 Å². The molecule has 0 radical (unpaired) electrons. The molecule has 2 rings (SSSR count). The zero-order valence-corrected chi connectivity index (χ0v) is 12.8. The molecule has 0 aliphatic carbocycles. The lowest BCUT2D eigenvalue weighted by Crippen LogP contribution is -2.07. The predicted octanol–water partition coefficient (Wildman–Crippen LogP) is 4.12. The summed E-state index contributed by atoms with van der Waals surface area (Å²) in [7, 11) is 1.90. The van der Waals surface area contributed by atoms with Gasteiger partial charge < -0.3 is 10.1 Å². The average Bonchev–Trinajstić information content (AvgIpc) is 2.44. The van der Waals surface area contributed by atoms with Crippen molar-refractivity contribution in [2.75, 3.05) is 7.05 Å². The number of rotatable bonds is 5. The summed E-state index contributed by atoms with van der Waals surface area (Å²) in [5.74, 6) is 1.63. The molecule has 0 saturated carbocycles. The van der Waals surface area contributed by atoms with Crippen LogP contribution in [0.4, 0.5) is 0 Å². The van der Waals surface area contributed by atoms with Crippen LogP contribution in [0.2, 0.25) is 5.02 Å². The van der Waals surface area contributed by atoms with E-state index >= 15 is 0 Å². The molecule has 0 unspecified atom stereocenters. The molecule has 0 aliphatic heterocycles. The van der Waals surface area contributed by atoms with Crippen LogP contribution in [-0.2, 0) is 13.0 Å². The summed E-state index contributed by atoms with van der Waals surface area (Å²) in [5.41, 5.74) is 3.06. The third-order valence-corrected chi connectivity index (χ3v) is 3.44. The Kier molecular flexibility index (Phi) is 4.99. The van der Waals surface area contributed by atoms with Crippen molar-refractivity contribution in [3.05, 3.63) is 52.3 Å². The van der Waals surface area contributed by atoms with E-state index in [1.807, 2.05) is 44.4 Å². The largest absolute Gasteiger partial charge is 0.457 e. The van der Waals surface area contributed by atoms with Crippen LogP contribution in [0.15, 0.2) is 30.5 Å². The van der Waals surface area contributed by atoms with Gasteiger partial charge in [-0.25, -0.2) is 0 Å². The fraction of sp³-hybridized carbons (Fsp3) is 0.312. The molecule has 1 aromatic carbocycles. The van der Waals surface area contributed by atoms with Gasteiger partial charge in [0.25, 0.3) is 0 Å². The van der Waals surface area contributed by atoms with E-state index in [0.717, 1.165) is 46.3 Å². The predicted molar refractivity (Wildman–Crippen MR) is 82.6 cm³/mol. The highest BCUT2D eigenvalue weighted by molar-refractivity contribution is 6.31. The number of hydrogen-bond acceptors (Lipinski definition) is 3. The van der Waals surface area contributed by atoms with Crippen molar-refractivity contribution in [3.8, 4) is 11.5 Å². The van der Waals surface area contributed by atoms with Crippen molar-refractivity contribution in [1.29, 1.82) is 0 Å². The van der Waals surface area contributed by atoms with Gasteiger partial charge in [-0.2, -0.15) is 0 Å². The molecule has 2 aromatic rings. The van der Waals surface area contributed by atoms with Gasteiger partial charge in [-0.3, -0.25) is 4.98 Å². The second-order valence-electron chi connectivity index (χ2n) is 4.67. The number of nitrogens with one attached hydrogen (secondary N) is 1. The van der Waals surface area contributed by atoms with Crippen molar-refractivity contribution in [1.82, 2.24) is 10.3 Å². The number of nitrogens with zero attached hydrogens (tertiary/aromatic N) is 1. The lowest BCUT2D eigenvalue weighted by atomic mass is 10.1. The fourth-order valence-electron chi connectivity index (χ4n) is 1.99. The molecule has 1 N–H and O–H groups in total. The van der Waals surface area contributed by atoms with Crippen molar-refractivity contribution in [2.24, 2.45) is 0 Å². The van der Waals surface area contributed by atoms with E-state index in [-0.39, 0.29) is 0 Å². The summed E-state index contributed by atoms with van der Waals surface area (Å²) in [4.78, 5) is 4.31. The molecule has 20 heavy (non-hydrogen) atoms. The maximum Gasteiger partial charge on any atom is 0.135 e. The molecule has 1 aromatic heterocycles. The summed E-state index contributed by atoms with van der Waals surface area (Å²) in [6, 6.07) is 7.70. The standard InChI is InChI=1S/C16H19ClN2O/c1-4-12-8-14(5-6-15(12)17)20-16-7-11(2)19-10-13(16)9-18-3/h5-8,10,18H,4,9H2,1-3H3. The highest BCUT2D eigenvalue weighted by Crippen LogP contribution is 2.29. The summed E-state index contributed by atoms with van der Waals surface area (Å²) < 4.78 is 6.00. The first-order valence-electron chi connectivity index (χ1n) is 6.70. The molecule has 0 fully saturated rings. The van der Waals surface area contributed by atoms with E-state index < -0.39 is 0 Å². The highest BCUT2D eigenvalue weighted by atomic mass is 35.5. The lowest BCUT2D eigenvalue weighted by Gasteiger charge is -2.12. The summed E-state index contributed by atoms with van der Waals surface area (Å²) in [6.07, 6.45) is 2.73. The molecule has 106 valence electrons. The number of halogens is 1. The van der Waals surface area contributed by atoms with E-state index in [1.165, 1.54) is 0 Å². The van der Waals surface area contributed by atoms with Crippen LogP contribution in [0.25, 0.3) is 0 Å². The van der Waals surface area contributed by atoms with Crippen LogP contribution in [-0.4, -0.2) is 12.0 Å². The summed E-state index contributed by atoms with van der Waals surface area (Å²) in [5, 5.41) is 3.90. The zero-order chi connectivity index (χ0) is 14.5. The Hall–Kier alpha value is -1.58. The van der Waals surface area contributed by atoms with Gasteiger partial charge in [-0.05, 0) is 44.2 Å². The van der Waals surface area contributed by atoms with Gasteiger partial charge in [-0.15, -0.1) is 0 Å². The topological polar surface area (TPSA) is 34.1 Å². The first-order chi connectivity index (χ1) is 9.63. The Balaban J connectivity index is 2.31. The van der Waals surface area contributed by atoms with E-state index in [4.69, 9.17) is 16.3 Å². The van der Waals surface area contributed by atoms with E-state index in [9.17, 15) is 0 Å². The number of ether oxygens (including phenoxy) is 1. The number of aryl methyl sites for hydroxylation is 2. The van der Waals surface area contributed by atoms with Gasteiger partial charge in [0.1, 0.15) is 11.5 Å². The minimum atomic E-state index is 0.719. The fourth-order valence-corrected chi connectivity index (χ4v) is 2.24. The first kappa shape index (κ1) is 14.8. The minimum absolute atomic E-state index is 0.719. The number of benzene rings is 1. The van der Waals surface area contributed by atoms with Crippen LogP contribution >= 0.6 is 11.6 Å². The molecule has 4 heteroatoms. The smallest absolute Gasteiger partial charge is 0.135 e. The van der Waals surface area contributed by atoms with Gasteiger partial charge in [0.05, 0.1) is 0 Å². The molecule has 0 bridgehead atoms. The third-order valence-electron chi connectivity index (χ3n) is 3.07. The Bertz CT molecular complexity index is 599. The Morgan fingerprint density at radius 3 is 2.75 bits per heavy atom. The van der Waals surface area contributed by atoms with Crippen LogP contribution in [0.3, 0.4) is 0 Å². The number of pyridine rings is 1. The summed E-state index contributed by atoms with van der Waals surface area (Å²) in [6.45, 7) is 4.75. The number of aromatic nitrogens is 1. The van der Waals surface area contributed by atoms with E-state index in [2.05, 4.69) is 17.2 Å². The highest BCUT2D eigenvalue weighted by Gasteiger charge is 2.07. The molecule has 3 nitrogen and oxygen atoms in total. The maximum atomic E-state index is 6.13. The Labute approximate surface area is 124 Å². The molecular weight excluding hydrogens is 272 g/mol. The average molecular weight is 291 g/mol. The molecule has 0 saturated heterocycles. The number of hydrogen-bond donors (Lipinski definition) is 1. The SMILES string of the molecule is CCc1cc(Oc2cc(C)ncc2CNC)ccc1Cl. The molecule has 0 atom stereocenters. The third kappa shape index (κ3) is 3.50. The molecule has 1 heterocycles. The van der Waals surface area contributed by atoms with Crippen molar-refractivity contribution in [3.63, 3.8) is 0 Å². The van der Waals surface area contributed by atoms with Crippen molar-refractivity contribution in [2.45, 2.75) is 26.8 Å². The van der Waals surface area contributed by atoms with Gasteiger partial charge in [0.15, 0.2) is 0 Å². The quantitative estimate of drug-likeness (QED) is 0.899. The van der Waals surface area contributed by atoms with Gasteiger partial charge in [-0.1, -0.05) is 18.5 Å². The van der Waals surface area contributed by atoms with Gasteiger partial charge in [0.2, 0.25) is 0 Å². The zero-order valence-electron chi connectivity index (χ0n) is 12.0. The van der Waals surface area contributed by atoms with Gasteiger partial charge >= 0.3 is 0 Å². The second-order valence-corrected chi connectivity index (χ2v) is 5.08. The molecule has 0 spiro atoms. The molecular formula is C16H19ClN2O. The van der Waals surface area contributed by atoms with Crippen molar-refractivity contribution < 1.29 is 4.74 Å². The minimum Gasteiger partial charge on any atom is -0.457 e. The van der Waals surface area contributed by atoms with Crippen LogP contribution in [0.1, 0.15) is 23.7 Å². The Morgan fingerprint density at radius 1 is 1.25 bits per heavy atom. The van der Waals surface area contributed by atoms with E-state index in [1.54, 1.807) is 0 Å². The summed E-state index contributed by atoms with van der Waals surface area (Å²) >= 11 is 6.13. The Morgan fingerprint density at radius 2 is 2.05 bits per heavy atom. The van der Waals surface area contributed by atoms with Gasteiger partial charge in [0, 0.05) is 35.1 Å². The lowest BCUT2D eigenvalue weighted by molar-refractivity contribution is 0.472.